The molecule has 2 heterocycles. The van der Waals surface area contributed by atoms with E-state index in [9.17, 15) is 14.7 Å². The molecule has 1 aromatic heterocycles. The van der Waals surface area contributed by atoms with Crippen molar-refractivity contribution in [1.82, 2.24) is 14.7 Å². The average Bonchev–Trinajstić information content (AvgIpc) is 3.03. The SMILES string of the molecule is Cc1ccccc1C(C)(C)C(=O)N1CCC(n2ncc(C(=O)O)c2C)CC1. The monoisotopic (exact) mass is 369 g/mol. The minimum Gasteiger partial charge on any atom is -0.478 e. The summed E-state index contributed by atoms with van der Waals surface area (Å²) in [6.07, 6.45) is 2.96. The highest BCUT2D eigenvalue weighted by atomic mass is 16.4. The summed E-state index contributed by atoms with van der Waals surface area (Å²) in [5, 5.41) is 13.5. The third kappa shape index (κ3) is 3.48. The molecule has 0 aliphatic carbocycles. The summed E-state index contributed by atoms with van der Waals surface area (Å²) >= 11 is 0. The molecule has 1 aliphatic rings. The molecule has 1 fully saturated rings. The first-order chi connectivity index (χ1) is 12.7. The number of nitrogens with zero attached hydrogens (tertiary/aromatic N) is 3. The fourth-order valence-electron chi connectivity index (χ4n) is 4.10. The van der Waals surface area contributed by atoms with Gasteiger partial charge in [-0.3, -0.25) is 9.48 Å². The molecule has 1 N–H and O–H groups in total. The maximum absolute atomic E-state index is 13.2. The van der Waals surface area contributed by atoms with E-state index in [0.717, 1.165) is 24.0 Å². The summed E-state index contributed by atoms with van der Waals surface area (Å²) in [5.41, 5.74) is 2.53. The number of carbonyl (C=O) groups excluding carboxylic acids is 1. The van der Waals surface area contributed by atoms with E-state index in [4.69, 9.17) is 0 Å². The predicted octanol–water partition coefficient (Wildman–Crippen LogP) is 3.34. The topological polar surface area (TPSA) is 75.4 Å². The molecule has 2 aromatic rings. The van der Waals surface area contributed by atoms with E-state index in [1.807, 2.05) is 49.9 Å². The lowest BCUT2D eigenvalue weighted by atomic mass is 9.80. The number of likely N-dealkylation sites (tertiary alicyclic amines) is 1. The van der Waals surface area contributed by atoms with Crippen LogP contribution >= 0.6 is 0 Å². The van der Waals surface area contributed by atoms with Crippen molar-refractivity contribution in [3.63, 3.8) is 0 Å². The largest absolute Gasteiger partial charge is 0.478 e. The first-order valence-corrected chi connectivity index (χ1v) is 9.36. The highest BCUT2D eigenvalue weighted by molar-refractivity contribution is 5.88. The molecule has 0 unspecified atom stereocenters. The minimum atomic E-state index is -0.952. The van der Waals surface area contributed by atoms with Gasteiger partial charge in [0.2, 0.25) is 5.91 Å². The van der Waals surface area contributed by atoms with Gasteiger partial charge in [0, 0.05) is 13.1 Å². The zero-order chi connectivity index (χ0) is 19.8. The molecule has 0 bridgehead atoms. The van der Waals surface area contributed by atoms with Gasteiger partial charge in [-0.1, -0.05) is 24.3 Å². The van der Waals surface area contributed by atoms with E-state index in [0.29, 0.717) is 18.8 Å². The first-order valence-electron chi connectivity index (χ1n) is 9.36. The van der Waals surface area contributed by atoms with Gasteiger partial charge in [0.15, 0.2) is 0 Å². The van der Waals surface area contributed by atoms with Gasteiger partial charge in [-0.05, 0) is 51.7 Å². The summed E-state index contributed by atoms with van der Waals surface area (Å²) in [7, 11) is 0. The third-order valence-electron chi connectivity index (χ3n) is 5.73. The van der Waals surface area contributed by atoms with E-state index in [2.05, 4.69) is 5.10 Å². The normalized spacial score (nSPS) is 15.8. The number of piperidine rings is 1. The van der Waals surface area contributed by atoms with E-state index < -0.39 is 11.4 Å². The Hall–Kier alpha value is -2.63. The predicted molar refractivity (Wildman–Crippen MR) is 103 cm³/mol. The van der Waals surface area contributed by atoms with Crippen molar-refractivity contribution in [2.24, 2.45) is 0 Å². The highest BCUT2D eigenvalue weighted by Gasteiger charge is 2.36. The van der Waals surface area contributed by atoms with Crippen molar-refractivity contribution in [3.8, 4) is 0 Å². The van der Waals surface area contributed by atoms with Crippen molar-refractivity contribution in [2.75, 3.05) is 13.1 Å². The summed E-state index contributed by atoms with van der Waals surface area (Å²) in [6, 6.07) is 8.16. The Bertz CT molecular complexity index is 861. The van der Waals surface area contributed by atoms with E-state index in [1.54, 1.807) is 11.6 Å². The quantitative estimate of drug-likeness (QED) is 0.897. The number of carbonyl (C=O) groups is 2. The van der Waals surface area contributed by atoms with Gasteiger partial charge in [-0.15, -0.1) is 0 Å². The van der Waals surface area contributed by atoms with Crippen LogP contribution in [0.4, 0.5) is 0 Å². The summed E-state index contributed by atoms with van der Waals surface area (Å²) < 4.78 is 1.80. The number of benzene rings is 1. The van der Waals surface area contributed by atoms with Crippen LogP contribution < -0.4 is 0 Å². The van der Waals surface area contributed by atoms with Gasteiger partial charge < -0.3 is 10.0 Å². The molecular formula is C21H27N3O3. The number of aromatic carboxylic acids is 1. The lowest BCUT2D eigenvalue weighted by Crippen LogP contribution is -2.47. The Morgan fingerprint density at radius 3 is 2.33 bits per heavy atom. The van der Waals surface area contributed by atoms with Crippen LogP contribution in [0.5, 0.6) is 0 Å². The van der Waals surface area contributed by atoms with E-state index in [1.165, 1.54) is 6.20 Å². The lowest BCUT2D eigenvalue weighted by Gasteiger charge is -2.38. The Kier molecular flexibility index (Phi) is 5.09. The number of aromatic nitrogens is 2. The molecule has 6 heteroatoms. The van der Waals surface area contributed by atoms with Crippen LogP contribution in [0.3, 0.4) is 0 Å². The second-order valence-corrected chi connectivity index (χ2v) is 7.86. The smallest absolute Gasteiger partial charge is 0.339 e. The number of hydrogen-bond acceptors (Lipinski definition) is 3. The Morgan fingerprint density at radius 2 is 1.78 bits per heavy atom. The first kappa shape index (κ1) is 19.1. The van der Waals surface area contributed by atoms with Crippen LogP contribution in [0.2, 0.25) is 0 Å². The Morgan fingerprint density at radius 1 is 1.15 bits per heavy atom. The molecule has 0 radical (unpaired) electrons. The van der Waals surface area contributed by atoms with Crippen LogP contribution in [0.15, 0.2) is 30.5 Å². The molecule has 1 aliphatic heterocycles. The van der Waals surface area contributed by atoms with E-state index in [-0.39, 0.29) is 17.5 Å². The van der Waals surface area contributed by atoms with Gasteiger partial charge in [0.25, 0.3) is 0 Å². The van der Waals surface area contributed by atoms with Crippen molar-refractivity contribution >= 4 is 11.9 Å². The molecule has 1 aromatic carbocycles. The van der Waals surface area contributed by atoms with Gasteiger partial charge >= 0.3 is 5.97 Å². The summed E-state index contributed by atoms with van der Waals surface area (Å²) in [6.45, 7) is 9.11. The summed E-state index contributed by atoms with van der Waals surface area (Å²) in [5.74, 6) is -0.815. The maximum atomic E-state index is 13.2. The molecule has 3 rings (SSSR count). The summed E-state index contributed by atoms with van der Waals surface area (Å²) in [4.78, 5) is 26.4. The highest BCUT2D eigenvalue weighted by Crippen LogP contribution is 2.31. The lowest BCUT2D eigenvalue weighted by molar-refractivity contribution is -0.137. The molecular weight excluding hydrogens is 342 g/mol. The zero-order valence-electron chi connectivity index (χ0n) is 16.4. The van der Waals surface area contributed by atoms with Crippen molar-refractivity contribution < 1.29 is 14.7 Å². The van der Waals surface area contributed by atoms with Crippen LogP contribution in [0.1, 0.15) is 59.9 Å². The fourth-order valence-corrected chi connectivity index (χ4v) is 4.10. The molecule has 0 spiro atoms. The second kappa shape index (κ2) is 7.18. The number of hydrogen-bond donors (Lipinski definition) is 1. The van der Waals surface area contributed by atoms with Crippen LogP contribution in [0, 0.1) is 13.8 Å². The molecule has 144 valence electrons. The second-order valence-electron chi connectivity index (χ2n) is 7.86. The van der Waals surface area contributed by atoms with Gasteiger partial charge in [0.1, 0.15) is 5.56 Å². The number of carboxylic acids is 1. The van der Waals surface area contributed by atoms with Crippen LogP contribution in [-0.2, 0) is 10.2 Å². The van der Waals surface area contributed by atoms with Crippen molar-refractivity contribution in [3.05, 3.63) is 52.8 Å². The molecule has 0 saturated carbocycles. The maximum Gasteiger partial charge on any atom is 0.339 e. The Balaban J connectivity index is 1.71. The van der Waals surface area contributed by atoms with Crippen molar-refractivity contribution in [1.29, 1.82) is 0 Å². The van der Waals surface area contributed by atoms with Crippen LogP contribution in [-0.4, -0.2) is 44.8 Å². The molecule has 27 heavy (non-hydrogen) atoms. The van der Waals surface area contributed by atoms with Gasteiger partial charge in [0.05, 0.1) is 23.3 Å². The number of rotatable bonds is 4. The number of carboxylic acid groups (broad SMARTS) is 1. The van der Waals surface area contributed by atoms with Crippen LogP contribution in [0.25, 0.3) is 0 Å². The molecule has 1 saturated heterocycles. The molecule has 6 nitrogen and oxygen atoms in total. The van der Waals surface area contributed by atoms with Gasteiger partial charge in [-0.25, -0.2) is 4.79 Å². The standard InChI is InChI=1S/C21H27N3O3/c1-14-7-5-6-8-18(14)21(3,4)20(27)23-11-9-16(10-12-23)24-15(2)17(13-22-24)19(25)26/h5-8,13,16H,9-12H2,1-4H3,(H,25,26). The Labute approximate surface area is 159 Å². The minimum absolute atomic E-state index is 0.128. The number of aryl methyl sites for hydroxylation is 1. The van der Waals surface area contributed by atoms with Gasteiger partial charge in [-0.2, -0.15) is 5.10 Å². The zero-order valence-corrected chi connectivity index (χ0v) is 16.4. The molecule has 1 amide bonds. The number of amides is 1. The van der Waals surface area contributed by atoms with E-state index >= 15 is 0 Å². The average molecular weight is 369 g/mol. The third-order valence-corrected chi connectivity index (χ3v) is 5.73. The van der Waals surface area contributed by atoms with Crippen molar-refractivity contribution in [2.45, 2.75) is 52.0 Å². The fraction of sp³-hybridized carbons (Fsp3) is 0.476. The molecule has 0 atom stereocenters.